The van der Waals surface area contributed by atoms with Crippen LogP contribution >= 0.6 is 15.9 Å². The molecule has 104 valence electrons. The smallest absolute Gasteiger partial charge is 0.335 e. The predicted molar refractivity (Wildman–Crippen MR) is 80.6 cm³/mol. The maximum absolute atomic E-state index is 10.9. The number of carboxylic acids is 1. The van der Waals surface area contributed by atoms with E-state index >= 15 is 0 Å². The zero-order valence-corrected chi connectivity index (χ0v) is 12.6. The van der Waals surface area contributed by atoms with Crippen molar-refractivity contribution >= 4 is 21.9 Å². The normalized spacial score (nSPS) is 12.1. The summed E-state index contributed by atoms with van der Waals surface area (Å²) in [4.78, 5) is 15.2. The van der Waals surface area contributed by atoms with Crippen LogP contribution in [0, 0.1) is 0 Å². The molecule has 1 heterocycles. The van der Waals surface area contributed by atoms with Gasteiger partial charge in [0.05, 0.1) is 11.3 Å². The van der Waals surface area contributed by atoms with Gasteiger partial charge in [-0.1, -0.05) is 28.1 Å². The second-order valence-corrected chi connectivity index (χ2v) is 5.32. The molecule has 0 bridgehead atoms. The Balaban J connectivity index is 2.02. The van der Waals surface area contributed by atoms with E-state index in [0.717, 1.165) is 15.7 Å². The quantitative estimate of drug-likeness (QED) is 0.879. The molecule has 0 fully saturated rings. The van der Waals surface area contributed by atoms with E-state index in [4.69, 9.17) is 5.11 Å². The lowest BCUT2D eigenvalue weighted by atomic mass is 10.1. The van der Waals surface area contributed by atoms with Gasteiger partial charge >= 0.3 is 5.97 Å². The second kappa shape index (κ2) is 6.63. The van der Waals surface area contributed by atoms with Gasteiger partial charge in [0, 0.05) is 23.3 Å². The highest BCUT2D eigenvalue weighted by Crippen LogP contribution is 2.20. The molecule has 0 aliphatic rings. The number of nitrogens with zero attached hydrogens (tertiary/aromatic N) is 1. The second-order valence-electron chi connectivity index (χ2n) is 4.47. The van der Waals surface area contributed by atoms with Crippen LogP contribution in [0.2, 0.25) is 0 Å². The van der Waals surface area contributed by atoms with Gasteiger partial charge < -0.3 is 10.4 Å². The molecule has 2 rings (SSSR count). The van der Waals surface area contributed by atoms with Crippen molar-refractivity contribution in [2.75, 3.05) is 0 Å². The first-order valence-corrected chi connectivity index (χ1v) is 7.03. The fourth-order valence-corrected chi connectivity index (χ4v) is 2.34. The van der Waals surface area contributed by atoms with Crippen molar-refractivity contribution < 1.29 is 9.90 Å². The number of pyridine rings is 1. The monoisotopic (exact) mass is 334 g/mol. The molecule has 0 aliphatic heterocycles. The van der Waals surface area contributed by atoms with Gasteiger partial charge in [-0.2, -0.15) is 0 Å². The van der Waals surface area contributed by atoms with Crippen LogP contribution in [0.5, 0.6) is 0 Å². The minimum atomic E-state index is -0.924. The lowest BCUT2D eigenvalue weighted by Gasteiger charge is -2.14. The molecule has 0 spiro atoms. The predicted octanol–water partition coefficient (Wildman–Crippen LogP) is 3.39. The van der Waals surface area contributed by atoms with Gasteiger partial charge in [-0.05, 0) is 36.8 Å². The standard InChI is InChI=1S/C15H15BrN2O2/c1-10(14-4-2-3-7-17-14)18-9-12-6-5-11(15(19)20)8-13(12)16/h2-8,10,18H,9H2,1H3,(H,19,20). The van der Waals surface area contributed by atoms with Crippen LogP contribution in [0.1, 0.15) is 34.6 Å². The number of rotatable bonds is 5. The molecule has 0 saturated heterocycles. The Bertz CT molecular complexity index is 602. The molecule has 2 N–H and O–H groups in total. The molecule has 20 heavy (non-hydrogen) atoms. The molecule has 2 aromatic rings. The van der Waals surface area contributed by atoms with Crippen LogP contribution in [0.25, 0.3) is 0 Å². The van der Waals surface area contributed by atoms with Crippen molar-refractivity contribution in [1.82, 2.24) is 10.3 Å². The summed E-state index contributed by atoms with van der Waals surface area (Å²) in [5, 5.41) is 12.3. The maximum Gasteiger partial charge on any atom is 0.335 e. The molecular weight excluding hydrogens is 320 g/mol. The van der Waals surface area contributed by atoms with Gasteiger partial charge in [-0.3, -0.25) is 4.98 Å². The molecule has 0 amide bonds. The summed E-state index contributed by atoms with van der Waals surface area (Å²) in [5.41, 5.74) is 2.27. The SMILES string of the molecule is CC(NCc1ccc(C(=O)O)cc1Br)c1ccccn1. The Morgan fingerprint density at radius 3 is 2.80 bits per heavy atom. The van der Waals surface area contributed by atoms with E-state index in [1.54, 1.807) is 18.3 Å². The van der Waals surface area contributed by atoms with E-state index in [1.165, 1.54) is 0 Å². The summed E-state index contributed by atoms with van der Waals surface area (Å²) in [6.45, 7) is 2.68. The molecule has 4 nitrogen and oxygen atoms in total. The molecule has 1 aromatic heterocycles. The number of nitrogens with one attached hydrogen (secondary N) is 1. The third-order valence-corrected chi connectivity index (χ3v) is 3.77. The van der Waals surface area contributed by atoms with E-state index in [9.17, 15) is 4.79 Å². The first-order valence-electron chi connectivity index (χ1n) is 6.24. The van der Waals surface area contributed by atoms with E-state index in [0.29, 0.717) is 6.54 Å². The summed E-state index contributed by atoms with van der Waals surface area (Å²) in [5.74, 6) is -0.924. The number of aromatic carboxylic acids is 1. The zero-order valence-electron chi connectivity index (χ0n) is 11.0. The fourth-order valence-electron chi connectivity index (χ4n) is 1.82. The lowest BCUT2D eigenvalue weighted by Crippen LogP contribution is -2.19. The Morgan fingerprint density at radius 1 is 1.40 bits per heavy atom. The minimum Gasteiger partial charge on any atom is -0.478 e. The highest BCUT2D eigenvalue weighted by Gasteiger charge is 2.09. The van der Waals surface area contributed by atoms with Crippen LogP contribution in [0.15, 0.2) is 47.1 Å². The van der Waals surface area contributed by atoms with Gasteiger partial charge in [-0.25, -0.2) is 4.79 Å². The van der Waals surface area contributed by atoms with Crippen molar-refractivity contribution in [3.8, 4) is 0 Å². The van der Waals surface area contributed by atoms with Gasteiger partial charge in [0.2, 0.25) is 0 Å². The molecular formula is C15H15BrN2O2. The highest BCUT2D eigenvalue weighted by molar-refractivity contribution is 9.10. The molecule has 0 radical (unpaired) electrons. The summed E-state index contributed by atoms with van der Waals surface area (Å²) in [6, 6.07) is 11.0. The number of carboxylic acid groups (broad SMARTS) is 1. The van der Waals surface area contributed by atoms with Crippen LogP contribution < -0.4 is 5.32 Å². The first-order chi connectivity index (χ1) is 9.58. The topological polar surface area (TPSA) is 62.2 Å². The van der Waals surface area contributed by atoms with Crippen LogP contribution in [-0.2, 0) is 6.54 Å². The van der Waals surface area contributed by atoms with Crippen LogP contribution in [0.3, 0.4) is 0 Å². The van der Waals surface area contributed by atoms with Crippen molar-refractivity contribution in [2.24, 2.45) is 0 Å². The number of aromatic nitrogens is 1. The fraction of sp³-hybridized carbons (Fsp3) is 0.200. The van der Waals surface area contributed by atoms with E-state index in [2.05, 4.69) is 26.2 Å². The number of hydrogen-bond donors (Lipinski definition) is 2. The highest BCUT2D eigenvalue weighted by atomic mass is 79.9. The number of benzene rings is 1. The van der Waals surface area contributed by atoms with E-state index in [1.807, 2.05) is 31.2 Å². The van der Waals surface area contributed by atoms with Crippen LogP contribution in [0.4, 0.5) is 0 Å². The molecule has 0 saturated carbocycles. The summed E-state index contributed by atoms with van der Waals surface area (Å²) >= 11 is 3.40. The van der Waals surface area contributed by atoms with Crippen LogP contribution in [-0.4, -0.2) is 16.1 Å². The summed E-state index contributed by atoms with van der Waals surface area (Å²) < 4.78 is 0.790. The summed E-state index contributed by atoms with van der Waals surface area (Å²) in [6.07, 6.45) is 1.77. The number of halogens is 1. The number of carbonyl (C=O) groups is 1. The number of hydrogen-bond acceptors (Lipinski definition) is 3. The molecule has 1 aromatic carbocycles. The van der Waals surface area contributed by atoms with Crippen molar-refractivity contribution in [3.63, 3.8) is 0 Å². The van der Waals surface area contributed by atoms with Crippen molar-refractivity contribution in [3.05, 3.63) is 63.9 Å². The van der Waals surface area contributed by atoms with Gasteiger partial charge in [0.1, 0.15) is 0 Å². The molecule has 0 aliphatic carbocycles. The van der Waals surface area contributed by atoms with Crippen molar-refractivity contribution in [1.29, 1.82) is 0 Å². The largest absolute Gasteiger partial charge is 0.478 e. The Labute approximate surface area is 126 Å². The molecule has 1 unspecified atom stereocenters. The van der Waals surface area contributed by atoms with E-state index in [-0.39, 0.29) is 11.6 Å². The first kappa shape index (κ1) is 14.7. The van der Waals surface area contributed by atoms with Gasteiger partial charge in [0.15, 0.2) is 0 Å². The van der Waals surface area contributed by atoms with Gasteiger partial charge in [-0.15, -0.1) is 0 Å². The summed E-state index contributed by atoms with van der Waals surface area (Å²) in [7, 11) is 0. The van der Waals surface area contributed by atoms with Gasteiger partial charge in [0.25, 0.3) is 0 Å². The third-order valence-electron chi connectivity index (χ3n) is 3.03. The average Bonchev–Trinajstić information content (AvgIpc) is 2.46. The molecule has 5 heteroatoms. The lowest BCUT2D eigenvalue weighted by molar-refractivity contribution is 0.0697. The Hall–Kier alpha value is -1.72. The molecule has 1 atom stereocenters. The minimum absolute atomic E-state index is 0.127. The Morgan fingerprint density at radius 2 is 2.20 bits per heavy atom. The zero-order chi connectivity index (χ0) is 14.5. The van der Waals surface area contributed by atoms with E-state index < -0.39 is 5.97 Å². The van der Waals surface area contributed by atoms with Crippen molar-refractivity contribution in [2.45, 2.75) is 19.5 Å². The third kappa shape index (κ3) is 3.65. The average molecular weight is 335 g/mol. The Kier molecular flexibility index (Phi) is 4.87. The maximum atomic E-state index is 10.9.